The molecule has 2 heteroatoms. The molecule has 0 bridgehead atoms. The third-order valence-corrected chi connectivity index (χ3v) is 2.68. The average molecular weight is 192 g/mol. The minimum absolute atomic E-state index is 0.446. The average Bonchev–Trinajstić information content (AvgIpc) is 2.17. The van der Waals surface area contributed by atoms with E-state index in [4.69, 9.17) is 5.11 Å². The number of carboxylic acid groups (broad SMARTS) is 1. The number of rotatable bonds is 3. The second-order valence-corrected chi connectivity index (χ2v) is 3.39. The van der Waals surface area contributed by atoms with Crippen LogP contribution in [0.4, 0.5) is 0 Å². The van der Waals surface area contributed by atoms with Crippen LogP contribution in [0.25, 0.3) is 0 Å². The summed E-state index contributed by atoms with van der Waals surface area (Å²) in [5.41, 5.74) is 3.79. The van der Waals surface area contributed by atoms with Gasteiger partial charge in [-0.25, -0.2) is 4.79 Å². The molecule has 1 rings (SSSR count). The molecule has 1 aromatic rings. The normalized spacial score (nSPS) is 10.2. The van der Waals surface area contributed by atoms with Crippen molar-refractivity contribution in [2.24, 2.45) is 0 Å². The van der Waals surface area contributed by atoms with Gasteiger partial charge in [-0.05, 0) is 42.5 Å². The van der Waals surface area contributed by atoms with Gasteiger partial charge in [-0.15, -0.1) is 0 Å². The van der Waals surface area contributed by atoms with Crippen LogP contribution in [0.1, 0.15) is 40.9 Å². The van der Waals surface area contributed by atoms with Gasteiger partial charge in [0.05, 0.1) is 5.56 Å². The van der Waals surface area contributed by atoms with Crippen molar-refractivity contribution in [3.05, 3.63) is 34.4 Å². The summed E-state index contributed by atoms with van der Waals surface area (Å²) in [5.74, 6) is -0.826. The van der Waals surface area contributed by atoms with E-state index in [9.17, 15) is 4.79 Å². The molecule has 0 amide bonds. The molecule has 0 heterocycles. The Bertz CT molecular complexity index is 354. The Morgan fingerprint density at radius 3 is 2.36 bits per heavy atom. The third kappa shape index (κ3) is 1.79. The van der Waals surface area contributed by atoms with E-state index >= 15 is 0 Å². The second kappa shape index (κ2) is 4.27. The quantitative estimate of drug-likeness (QED) is 0.799. The highest BCUT2D eigenvalue weighted by atomic mass is 16.4. The Kier molecular flexibility index (Phi) is 3.28. The van der Waals surface area contributed by atoms with Crippen LogP contribution in [-0.4, -0.2) is 11.1 Å². The van der Waals surface area contributed by atoms with Gasteiger partial charge in [-0.3, -0.25) is 0 Å². The molecule has 0 spiro atoms. The Balaban J connectivity index is 3.35. The van der Waals surface area contributed by atoms with Gasteiger partial charge in [0, 0.05) is 0 Å². The van der Waals surface area contributed by atoms with Crippen molar-refractivity contribution >= 4 is 5.97 Å². The van der Waals surface area contributed by atoms with Crippen molar-refractivity contribution in [2.75, 3.05) is 0 Å². The predicted molar refractivity (Wildman–Crippen MR) is 56.9 cm³/mol. The van der Waals surface area contributed by atoms with E-state index in [0.717, 1.165) is 24.0 Å². The molecular formula is C12H16O2. The number of carbonyl (C=O) groups is 1. The summed E-state index contributed by atoms with van der Waals surface area (Å²) in [6.45, 7) is 6.08. The minimum atomic E-state index is -0.826. The van der Waals surface area contributed by atoms with Gasteiger partial charge in [0.2, 0.25) is 0 Å². The van der Waals surface area contributed by atoms with Crippen molar-refractivity contribution in [2.45, 2.75) is 33.6 Å². The van der Waals surface area contributed by atoms with E-state index in [1.54, 1.807) is 6.07 Å². The number of benzene rings is 1. The lowest BCUT2D eigenvalue weighted by molar-refractivity contribution is 0.0695. The van der Waals surface area contributed by atoms with Crippen LogP contribution in [-0.2, 0) is 12.8 Å². The maximum Gasteiger partial charge on any atom is 0.335 e. The zero-order valence-corrected chi connectivity index (χ0v) is 8.92. The SMILES string of the molecule is CCc1ccc(C(=O)O)c(CC)c1C. The molecule has 1 aromatic carbocycles. The number of carboxylic acids is 1. The van der Waals surface area contributed by atoms with Gasteiger partial charge in [0.1, 0.15) is 0 Å². The zero-order valence-electron chi connectivity index (χ0n) is 8.92. The largest absolute Gasteiger partial charge is 0.478 e. The molecule has 0 aliphatic heterocycles. The lowest BCUT2D eigenvalue weighted by atomic mass is 9.94. The molecule has 0 saturated carbocycles. The van der Waals surface area contributed by atoms with Crippen LogP contribution < -0.4 is 0 Å². The van der Waals surface area contributed by atoms with Crippen LogP contribution >= 0.6 is 0 Å². The Morgan fingerprint density at radius 2 is 1.93 bits per heavy atom. The number of hydrogen-bond acceptors (Lipinski definition) is 1. The molecule has 0 aliphatic rings. The van der Waals surface area contributed by atoms with E-state index in [2.05, 4.69) is 6.92 Å². The van der Waals surface area contributed by atoms with Crippen LogP contribution in [0.15, 0.2) is 12.1 Å². The first-order valence-electron chi connectivity index (χ1n) is 4.96. The molecule has 0 fully saturated rings. The fourth-order valence-electron chi connectivity index (χ4n) is 1.84. The third-order valence-electron chi connectivity index (χ3n) is 2.68. The molecule has 0 saturated heterocycles. The molecular weight excluding hydrogens is 176 g/mol. The lowest BCUT2D eigenvalue weighted by Gasteiger charge is -2.11. The van der Waals surface area contributed by atoms with Crippen molar-refractivity contribution in [3.63, 3.8) is 0 Å². The van der Waals surface area contributed by atoms with Gasteiger partial charge in [0.25, 0.3) is 0 Å². The van der Waals surface area contributed by atoms with Gasteiger partial charge >= 0.3 is 5.97 Å². The highest BCUT2D eigenvalue weighted by Crippen LogP contribution is 2.19. The van der Waals surface area contributed by atoms with Gasteiger partial charge in [-0.1, -0.05) is 19.9 Å². The molecule has 0 aliphatic carbocycles. The number of aryl methyl sites for hydroxylation is 1. The van der Waals surface area contributed by atoms with Crippen molar-refractivity contribution < 1.29 is 9.90 Å². The van der Waals surface area contributed by atoms with Crippen LogP contribution in [0.3, 0.4) is 0 Å². The first-order chi connectivity index (χ1) is 6.61. The van der Waals surface area contributed by atoms with E-state index in [1.807, 2.05) is 19.9 Å². The highest BCUT2D eigenvalue weighted by Gasteiger charge is 2.12. The van der Waals surface area contributed by atoms with E-state index in [-0.39, 0.29) is 0 Å². The summed E-state index contributed by atoms with van der Waals surface area (Å²) in [6.07, 6.45) is 1.74. The summed E-state index contributed by atoms with van der Waals surface area (Å²) >= 11 is 0. The van der Waals surface area contributed by atoms with Crippen LogP contribution in [0, 0.1) is 6.92 Å². The Labute approximate surface area is 84.6 Å². The summed E-state index contributed by atoms with van der Waals surface area (Å²) < 4.78 is 0. The predicted octanol–water partition coefficient (Wildman–Crippen LogP) is 2.82. The fourth-order valence-corrected chi connectivity index (χ4v) is 1.84. The topological polar surface area (TPSA) is 37.3 Å². The first-order valence-corrected chi connectivity index (χ1v) is 4.96. The Morgan fingerprint density at radius 1 is 1.29 bits per heavy atom. The van der Waals surface area contributed by atoms with Gasteiger partial charge in [-0.2, -0.15) is 0 Å². The molecule has 76 valence electrons. The molecule has 0 aromatic heterocycles. The molecule has 1 N–H and O–H groups in total. The second-order valence-electron chi connectivity index (χ2n) is 3.39. The van der Waals surface area contributed by atoms with Crippen molar-refractivity contribution in [1.29, 1.82) is 0 Å². The van der Waals surface area contributed by atoms with E-state index in [0.29, 0.717) is 5.56 Å². The summed E-state index contributed by atoms with van der Waals surface area (Å²) in [6, 6.07) is 3.63. The molecule has 0 atom stereocenters. The van der Waals surface area contributed by atoms with Gasteiger partial charge in [0.15, 0.2) is 0 Å². The fraction of sp³-hybridized carbons (Fsp3) is 0.417. The Hall–Kier alpha value is -1.31. The number of hydrogen-bond donors (Lipinski definition) is 1. The summed E-state index contributed by atoms with van der Waals surface area (Å²) in [7, 11) is 0. The van der Waals surface area contributed by atoms with Crippen LogP contribution in [0.2, 0.25) is 0 Å². The maximum absolute atomic E-state index is 10.9. The minimum Gasteiger partial charge on any atom is -0.478 e. The first kappa shape index (κ1) is 10.8. The lowest BCUT2D eigenvalue weighted by Crippen LogP contribution is -2.05. The maximum atomic E-state index is 10.9. The van der Waals surface area contributed by atoms with E-state index in [1.165, 1.54) is 5.56 Å². The molecule has 0 unspecified atom stereocenters. The summed E-state index contributed by atoms with van der Waals surface area (Å²) in [4.78, 5) is 10.9. The molecule has 14 heavy (non-hydrogen) atoms. The smallest absolute Gasteiger partial charge is 0.335 e. The molecule has 2 nitrogen and oxygen atoms in total. The van der Waals surface area contributed by atoms with E-state index < -0.39 is 5.97 Å². The van der Waals surface area contributed by atoms with Gasteiger partial charge < -0.3 is 5.11 Å². The zero-order chi connectivity index (χ0) is 10.7. The highest BCUT2D eigenvalue weighted by molar-refractivity contribution is 5.90. The summed E-state index contributed by atoms with van der Waals surface area (Å²) in [5, 5.41) is 8.98. The molecule has 0 radical (unpaired) electrons. The monoisotopic (exact) mass is 192 g/mol. The van der Waals surface area contributed by atoms with Crippen molar-refractivity contribution in [3.8, 4) is 0 Å². The van der Waals surface area contributed by atoms with Crippen LogP contribution in [0.5, 0.6) is 0 Å². The van der Waals surface area contributed by atoms with Crippen molar-refractivity contribution in [1.82, 2.24) is 0 Å². The number of aromatic carboxylic acids is 1. The standard InChI is InChI=1S/C12H16O2/c1-4-9-6-7-11(12(13)14)10(5-2)8(9)3/h6-7H,4-5H2,1-3H3,(H,13,14).